The predicted molar refractivity (Wildman–Crippen MR) is 88.7 cm³/mol. The van der Waals surface area contributed by atoms with Crippen molar-refractivity contribution < 1.29 is 4.42 Å². The van der Waals surface area contributed by atoms with Crippen LogP contribution in [0.5, 0.6) is 0 Å². The van der Waals surface area contributed by atoms with Crippen molar-refractivity contribution in [3.63, 3.8) is 0 Å². The summed E-state index contributed by atoms with van der Waals surface area (Å²) in [7, 11) is 0. The summed E-state index contributed by atoms with van der Waals surface area (Å²) in [5.74, 6) is 4.02. The molecule has 114 valence electrons. The lowest BCUT2D eigenvalue weighted by atomic mass is 9.48. The molecule has 0 N–H and O–H groups in total. The molecule has 0 saturated heterocycles. The van der Waals surface area contributed by atoms with Gasteiger partial charge in [-0.1, -0.05) is 12.1 Å². The quantitative estimate of drug-likeness (QED) is 0.689. The third-order valence-corrected chi connectivity index (χ3v) is 6.67. The molecule has 0 aliphatic heterocycles. The molecular formula is C21H24O. The fourth-order valence-corrected chi connectivity index (χ4v) is 6.11. The monoisotopic (exact) mass is 292 g/mol. The smallest absolute Gasteiger partial charge is 0.134 e. The summed E-state index contributed by atoms with van der Waals surface area (Å²) in [5, 5.41) is 0. The van der Waals surface area contributed by atoms with Crippen LogP contribution in [-0.4, -0.2) is 0 Å². The van der Waals surface area contributed by atoms with Crippen molar-refractivity contribution >= 4 is 0 Å². The first-order chi connectivity index (χ1) is 10.7. The average Bonchev–Trinajstić information content (AvgIpc) is 3.00. The Balaban J connectivity index is 1.60. The Labute approximate surface area is 132 Å². The van der Waals surface area contributed by atoms with Gasteiger partial charge in [-0.25, -0.2) is 0 Å². The minimum atomic E-state index is 0.476. The van der Waals surface area contributed by atoms with E-state index in [1.165, 1.54) is 49.7 Å². The van der Waals surface area contributed by atoms with Crippen LogP contribution in [-0.2, 0) is 5.41 Å². The van der Waals surface area contributed by atoms with Crippen LogP contribution in [0.3, 0.4) is 0 Å². The summed E-state index contributed by atoms with van der Waals surface area (Å²) in [6.45, 7) is 2.20. The Bertz CT molecular complexity index is 659. The van der Waals surface area contributed by atoms with Crippen LogP contribution in [0.1, 0.15) is 49.7 Å². The number of aryl methyl sites for hydroxylation is 1. The van der Waals surface area contributed by atoms with Crippen molar-refractivity contribution in [1.29, 1.82) is 0 Å². The predicted octanol–water partition coefficient (Wildman–Crippen LogP) is 5.72. The third-order valence-electron chi connectivity index (χ3n) is 6.67. The van der Waals surface area contributed by atoms with Gasteiger partial charge in [0.25, 0.3) is 0 Å². The van der Waals surface area contributed by atoms with Crippen molar-refractivity contribution in [3.8, 4) is 11.3 Å². The number of rotatable bonds is 2. The van der Waals surface area contributed by atoms with Gasteiger partial charge in [-0.15, -0.1) is 0 Å². The molecule has 22 heavy (non-hydrogen) atoms. The summed E-state index contributed by atoms with van der Waals surface area (Å²) in [6, 6.07) is 11.2. The molecule has 1 nitrogen and oxygen atoms in total. The molecule has 4 fully saturated rings. The molecule has 4 aliphatic rings. The van der Waals surface area contributed by atoms with Crippen LogP contribution >= 0.6 is 0 Å². The van der Waals surface area contributed by atoms with Gasteiger partial charge in [-0.2, -0.15) is 0 Å². The second kappa shape index (κ2) is 4.50. The Kier molecular flexibility index (Phi) is 2.66. The zero-order chi connectivity index (χ0) is 14.7. The minimum Gasteiger partial charge on any atom is -0.464 e. The van der Waals surface area contributed by atoms with E-state index in [9.17, 15) is 0 Å². The van der Waals surface area contributed by atoms with E-state index in [4.69, 9.17) is 4.42 Å². The maximum Gasteiger partial charge on any atom is 0.134 e. The fourth-order valence-electron chi connectivity index (χ4n) is 6.11. The van der Waals surface area contributed by atoms with E-state index in [1.54, 1.807) is 11.8 Å². The van der Waals surface area contributed by atoms with Crippen molar-refractivity contribution in [2.24, 2.45) is 17.8 Å². The molecule has 1 aromatic heterocycles. The number of hydrogen-bond donors (Lipinski definition) is 0. The standard InChI is InChI=1S/C21H24O/c1-14-4-5-18(10-19(14)20-3-2-6-22-20)21-11-15-7-16(12-21)9-17(8-15)13-21/h2-6,10,15-17H,7-9,11-13H2,1H3. The van der Waals surface area contributed by atoms with E-state index in [-0.39, 0.29) is 0 Å². The van der Waals surface area contributed by atoms with Gasteiger partial charge in [0.15, 0.2) is 0 Å². The van der Waals surface area contributed by atoms with Crippen LogP contribution in [0.15, 0.2) is 41.0 Å². The first-order valence-electron chi connectivity index (χ1n) is 8.87. The van der Waals surface area contributed by atoms with Gasteiger partial charge in [0.05, 0.1) is 6.26 Å². The van der Waals surface area contributed by atoms with E-state index in [2.05, 4.69) is 31.2 Å². The van der Waals surface area contributed by atoms with Crippen LogP contribution in [0.2, 0.25) is 0 Å². The second-order valence-electron chi connectivity index (χ2n) is 8.20. The van der Waals surface area contributed by atoms with Crippen LogP contribution in [0.4, 0.5) is 0 Å². The maximum absolute atomic E-state index is 5.67. The summed E-state index contributed by atoms with van der Waals surface area (Å²) in [5.41, 5.74) is 4.68. The largest absolute Gasteiger partial charge is 0.464 e. The highest BCUT2D eigenvalue weighted by molar-refractivity contribution is 5.63. The average molecular weight is 292 g/mol. The molecule has 0 spiro atoms. The number of furan rings is 1. The third kappa shape index (κ3) is 1.84. The molecule has 2 aromatic rings. The summed E-state index contributed by atoms with van der Waals surface area (Å²) >= 11 is 0. The molecule has 6 rings (SSSR count). The van der Waals surface area contributed by atoms with Gasteiger partial charge >= 0.3 is 0 Å². The molecular weight excluding hydrogens is 268 g/mol. The van der Waals surface area contributed by atoms with E-state index in [0.717, 1.165) is 23.5 Å². The first-order valence-corrected chi connectivity index (χ1v) is 8.87. The molecule has 4 aliphatic carbocycles. The van der Waals surface area contributed by atoms with E-state index < -0.39 is 0 Å². The van der Waals surface area contributed by atoms with Gasteiger partial charge in [-0.05, 0) is 97.9 Å². The zero-order valence-corrected chi connectivity index (χ0v) is 13.3. The Morgan fingerprint density at radius 3 is 2.23 bits per heavy atom. The molecule has 0 amide bonds. The molecule has 4 bridgehead atoms. The minimum absolute atomic E-state index is 0.476. The molecule has 1 heteroatoms. The molecule has 4 saturated carbocycles. The van der Waals surface area contributed by atoms with E-state index in [1.807, 2.05) is 6.07 Å². The van der Waals surface area contributed by atoms with Crippen LogP contribution in [0.25, 0.3) is 11.3 Å². The maximum atomic E-state index is 5.67. The van der Waals surface area contributed by atoms with Crippen molar-refractivity contribution in [2.45, 2.75) is 50.9 Å². The molecule has 0 radical (unpaired) electrons. The topological polar surface area (TPSA) is 13.1 Å². The molecule has 1 heterocycles. The first kappa shape index (κ1) is 13.0. The molecule has 0 unspecified atom stereocenters. The van der Waals surface area contributed by atoms with Gasteiger partial charge in [0.1, 0.15) is 5.76 Å². The lowest BCUT2D eigenvalue weighted by Gasteiger charge is -2.57. The normalized spacial score (nSPS) is 36.0. The van der Waals surface area contributed by atoms with Crippen LogP contribution < -0.4 is 0 Å². The van der Waals surface area contributed by atoms with Crippen molar-refractivity contribution in [1.82, 2.24) is 0 Å². The Morgan fingerprint density at radius 2 is 1.64 bits per heavy atom. The summed E-state index contributed by atoms with van der Waals surface area (Å²) in [6.07, 6.45) is 10.6. The lowest BCUT2D eigenvalue weighted by molar-refractivity contribution is -0.00517. The van der Waals surface area contributed by atoms with E-state index >= 15 is 0 Å². The van der Waals surface area contributed by atoms with E-state index in [0.29, 0.717) is 5.41 Å². The Morgan fingerprint density at radius 1 is 0.955 bits per heavy atom. The highest BCUT2D eigenvalue weighted by atomic mass is 16.3. The SMILES string of the molecule is Cc1ccc(C23CC4CC(CC(C4)C2)C3)cc1-c1ccco1. The van der Waals surface area contributed by atoms with Gasteiger partial charge in [0.2, 0.25) is 0 Å². The van der Waals surface area contributed by atoms with Crippen molar-refractivity contribution in [2.75, 3.05) is 0 Å². The molecule has 1 aromatic carbocycles. The highest BCUT2D eigenvalue weighted by Crippen LogP contribution is 2.60. The summed E-state index contributed by atoms with van der Waals surface area (Å²) < 4.78 is 5.67. The van der Waals surface area contributed by atoms with Crippen LogP contribution in [0, 0.1) is 24.7 Å². The number of benzene rings is 1. The van der Waals surface area contributed by atoms with Gasteiger partial charge < -0.3 is 4.42 Å². The van der Waals surface area contributed by atoms with Gasteiger partial charge in [-0.3, -0.25) is 0 Å². The van der Waals surface area contributed by atoms with Gasteiger partial charge in [0, 0.05) is 5.56 Å². The lowest BCUT2D eigenvalue weighted by Crippen LogP contribution is -2.48. The zero-order valence-electron chi connectivity index (χ0n) is 13.3. The molecule has 0 atom stereocenters. The highest BCUT2D eigenvalue weighted by Gasteiger charge is 2.51. The summed E-state index contributed by atoms with van der Waals surface area (Å²) in [4.78, 5) is 0. The number of hydrogen-bond acceptors (Lipinski definition) is 1. The van der Waals surface area contributed by atoms with Crippen molar-refractivity contribution in [3.05, 3.63) is 47.7 Å². The Hall–Kier alpha value is -1.50. The second-order valence-corrected chi connectivity index (χ2v) is 8.20. The fraction of sp³-hybridized carbons (Fsp3) is 0.524.